The molecule has 0 saturated carbocycles. The number of phosphoric acid groups is 1. The minimum Gasteiger partial charge on any atom is -0.464 e. The summed E-state index contributed by atoms with van der Waals surface area (Å²) in [5, 5.41) is 0. The molecule has 174 valence electrons. The van der Waals surface area contributed by atoms with Crippen LogP contribution in [0.25, 0.3) is 0 Å². The largest absolute Gasteiger partial charge is 0.472 e. The molecule has 0 saturated heterocycles. The highest BCUT2D eigenvalue weighted by Crippen LogP contribution is 2.38. The molecule has 0 aliphatic heterocycles. The third kappa shape index (κ3) is 15.0. The molecule has 0 amide bonds. The highest BCUT2D eigenvalue weighted by atomic mass is 31.2. The van der Waals surface area contributed by atoms with Gasteiger partial charge in [-0.15, -0.1) is 0 Å². The number of phosphoric ester groups is 1. The molecule has 0 bridgehead atoms. The molecule has 0 aromatic heterocycles. The van der Waals surface area contributed by atoms with Gasteiger partial charge < -0.3 is 14.5 Å². The summed E-state index contributed by atoms with van der Waals surface area (Å²) in [6.07, 6.45) is 18.6. The molecule has 1 aromatic carbocycles. The lowest BCUT2D eigenvalue weighted by molar-refractivity contribution is -0.00148. The summed E-state index contributed by atoms with van der Waals surface area (Å²) in [4.78, 5) is 17.8. The quantitative estimate of drug-likeness (QED) is 0.131. The van der Waals surface area contributed by atoms with Crippen molar-refractivity contribution in [3.05, 3.63) is 29.8 Å². The minimum absolute atomic E-state index is 0.633. The number of hydrogen-bond donors (Lipinski definition) is 2. The monoisotopic (exact) mass is 442 g/mol. The first-order valence-electron chi connectivity index (χ1n) is 11.9. The molecule has 0 heterocycles. The predicted molar refractivity (Wildman–Crippen MR) is 124 cm³/mol. The van der Waals surface area contributed by atoms with E-state index in [4.69, 9.17) is 14.5 Å². The van der Waals surface area contributed by atoms with Crippen molar-refractivity contribution in [3.63, 3.8) is 0 Å². The van der Waals surface area contributed by atoms with E-state index in [2.05, 4.69) is 11.4 Å². The minimum atomic E-state index is -4.55. The van der Waals surface area contributed by atoms with Crippen molar-refractivity contribution in [2.24, 2.45) is 0 Å². The van der Waals surface area contributed by atoms with Crippen molar-refractivity contribution in [2.45, 2.75) is 116 Å². The Morgan fingerprint density at radius 2 is 1.27 bits per heavy atom. The van der Waals surface area contributed by atoms with Crippen LogP contribution in [0.4, 0.5) is 0 Å². The average molecular weight is 443 g/mol. The van der Waals surface area contributed by atoms with Crippen LogP contribution in [-0.4, -0.2) is 16.1 Å². The third-order valence-corrected chi connectivity index (χ3v) is 5.92. The third-order valence-electron chi connectivity index (χ3n) is 5.35. The highest BCUT2D eigenvalue weighted by molar-refractivity contribution is 7.46. The molecule has 1 unspecified atom stereocenters. The van der Waals surface area contributed by atoms with Crippen molar-refractivity contribution < 1.29 is 23.6 Å². The lowest BCUT2D eigenvalue weighted by Gasteiger charge is -2.18. The SMILES string of the molecule is CCCCCCCCCCCCCCCCc1ccccc1OC(C)OP(=O)(O)O. The molecule has 0 spiro atoms. The van der Waals surface area contributed by atoms with E-state index in [1.807, 2.05) is 24.3 Å². The molecule has 6 heteroatoms. The Morgan fingerprint density at radius 1 is 0.800 bits per heavy atom. The predicted octanol–water partition coefficient (Wildman–Crippen LogP) is 7.54. The Balaban J connectivity index is 2.07. The van der Waals surface area contributed by atoms with Gasteiger partial charge in [-0.05, 0) is 31.4 Å². The summed E-state index contributed by atoms with van der Waals surface area (Å²) in [6, 6.07) is 7.63. The van der Waals surface area contributed by atoms with E-state index in [-0.39, 0.29) is 0 Å². The number of benzene rings is 1. The van der Waals surface area contributed by atoms with Crippen molar-refractivity contribution in [2.75, 3.05) is 0 Å². The Hall–Kier alpha value is -0.870. The Kier molecular flexibility index (Phi) is 15.2. The maximum atomic E-state index is 10.9. The van der Waals surface area contributed by atoms with E-state index in [1.165, 1.54) is 90.4 Å². The summed E-state index contributed by atoms with van der Waals surface area (Å²) in [7, 11) is -4.55. The van der Waals surface area contributed by atoms with Gasteiger partial charge in [0.15, 0.2) is 0 Å². The standard InChI is InChI=1S/C24H43O5P/c1-3-4-5-6-7-8-9-10-11-12-13-14-15-16-19-23-20-17-18-21-24(23)28-22(2)29-30(25,26)27/h17-18,20-22H,3-16,19H2,1-2H3,(H2,25,26,27). The smallest absolute Gasteiger partial charge is 0.464 e. The molecule has 2 N–H and O–H groups in total. The summed E-state index contributed by atoms with van der Waals surface area (Å²) < 4.78 is 21.1. The zero-order valence-electron chi connectivity index (χ0n) is 19.1. The summed E-state index contributed by atoms with van der Waals surface area (Å²) >= 11 is 0. The van der Waals surface area contributed by atoms with Crippen molar-refractivity contribution in [1.82, 2.24) is 0 Å². The zero-order chi connectivity index (χ0) is 22.1. The molecule has 0 aliphatic rings. The molecule has 5 nitrogen and oxygen atoms in total. The van der Waals surface area contributed by atoms with Crippen LogP contribution in [0.1, 0.15) is 109 Å². The van der Waals surface area contributed by atoms with Crippen molar-refractivity contribution in [3.8, 4) is 5.75 Å². The van der Waals surface area contributed by atoms with E-state index in [0.29, 0.717) is 5.75 Å². The van der Waals surface area contributed by atoms with Crippen LogP contribution in [-0.2, 0) is 15.5 Å². The number of unbranched alkanes of at least 4 members (excludes halogenated alkanes) is 13. The van der Waals surface area contributed by atoms with Crippen LogP contribution in [0.5, 0.6) is 5.75 Å². The van der Waals surface area contributed by atoms with E-state index >= 15 is 0 Å². The maximum Gasteiger partial charge on any atom is 0.472 e. The molecule has 1 aromatic rings. The fourth-order valence-electron chi connectivity index (χ4n) is 3.73. The number of ether oxygens (including phenoxy) is 1. The number of hydrogen-bond acceptors (Lipinski definition) is 3. The van der Waals surface area contributed by atoms with Crippen molar-refractivity contribution in [1.29, 1.82) is 0 Å². The lowest BCUT2D eigenvalue weighted by atomic mass is 10.0. The van der Waals surface area contributed by atoms with E-state index < -0.39 is 14.1 Å². The van der Waals surface area contributed by atoms with Crippen LogP contribution >= 0.6 is 7.82 Å². The topological polar surface area (TPSA) is 76.0 Å². The second-order valence-electron chi connectivity index (χ2n) is 8.24. The Labute approximate surface area is 183 Å². The van der Waals surface area contributed by atoms with E-state index in [9.17, 15) is 4.57 Å². The van der Waals surface area contributed by atoms with Gasteiger partial charge in [-0.3, -0.25) is 0 Å². The molecule has 1 rings (SSSR count). The lowest BCUT2D eigenvalue weighted by Crippen LogP contribution is -2.15. The second kappa shape index (κ2) is 16.8. The van der Waals surface area contributed by atoms with Gasteiger partial charge in [0.2, 0.25) is 6.29 Å². The molecular weight excluding hydrogens is 399 g/mol. The van der Waals surface area contributed by atoms with Gasteiger partial charge in [0.05, 0.1) is 0 Å². The number of rotatable bonds is 19. The molecule has 0 fully saturated rings. The van der Waals surface area contributed by atoms with Crippen LogP contribution in [0.3, 0.4) is 0 Å². The number of para-hydroxylation sites is 1. The number of aryl methyl sites for hydroxylation is 1. The van der Waals surface area contributed by atoms with Gasteiger partial charge in [-0.2, -0.15) is 0 Å². The van der Waals surface area contributed by atoms with Gasteiger partial charge in [0.25, 0.3) is 0 Å². The average Bonchev–Trinajstić information content (AvgIpc) is 2.68. The van der Waals surface area contributed by atoms with Gasteiger partial charge >= 0.3 is 7.82 Å². The summed E-state index contributed by atoms with van der Waals surface area (Å²) in [6.45, 7) is 3.75. The Morgan fingerprint density at radius 3 is 1.77 bits per heavy atom. The molecular formula is C24H43O5P. The molecule has 0 aliphatic carbocycles. The van der Waals surface area contributed by atoms with Gasteiger partial charge in [-0.1, -0.05) is 109 Å². The highest BCUT2D eigenvalue weighted by Gasteiger charge is 2.20. The Bertz CT molecular complexity index is 587. The van der Waals surface area contributed by atoms with Gasteiger partial charge in [-0.25, -0.2) is 9.09 Å². The second-order valence-corrected chi connectivity index (χ2v) is 9.43. The van der Waals surface area contributed by atoms with Crippen LogP contribution in [0.2, 0.25) is 0 Å². The maximum absolute atomic E-state index is 10.9. The fraction of sp³-hybridized carbons (Fsp3) is 0.750. The first-order chi connectivity index (χ1) is 14.4. The van der Waals surface area contributed by atoms with Crippen LogP contribution in [0.15, 0.2) is 24.3 Å². The summed E-state index contributed by atoms with van der Waals surface area (Å²) in [5.41, 5.74) is 1.05. The van der Waals surface area contributed by atoms with Gasteiger partial charge in [0, 0.05) is 0 Å². The molecule has 0 radical (unpaired) electrons. The normalized spacial score (nSPS) is 12.8. The summed E-state index contributed by atoms with van der Waals surface area (Å²) in [5.74, 6) is 0.633. The van der Waals surface area contributed by atoms with Crippen LogP contribution < -0.4 is 4.74 Å². The molecule has 30 heavy (non-hydrogen) atoms. The first kappa shape index (κ1) is 27.2. The van der Waals surface area contributed by atoms with E-state index in [1.54, 1.807) is 0 Å². The fourth-order valence-corrected chi connectivity index (χ4v) is 4.16. The van der Waals surface area contributed by atoms with E-state index in [0.717, 1.165) is 18.4 Å². The van der Waals surface area contributed by atoms with Crippen LogP contribution in [0, 0.1) is 0 Å². The van der Waals surface area contributed by atoms with Gasteiger partial charge in [0.1, 0.15) is 5.75 Å². The zero-order valence-corrected chi connectivity index (χ0v) is 20.0. The van der Waals surface area contributed by atoms with Crippen molar-refractivity contribution >= 4 is 7.82 Å². The molecule has 1 atom stereocenters. The first-order valence-corrected chi connectivity index (χ1v) is 13.4.